The monoisotopic (exact) mass is 307 g/mol. The Balaban J connectivity index is 1.71. The van der Waals surface area contributed by atoms with Crippen molar-refractivity contribution in [3.05, 3.63) is 40.5 Å². The lowest BCUT2D eigenvalue weighted by molar-refractivity contribution is 0.240. The molecule has 1 heterocycles. The number of halogens is 1. The van der Waals surface area contributed by atoms with Gasteiger partial charge in [-0.1, -0.05) is 28.9 Å². The van der Waals surface area contributed by atoms with E-state index >= 15 is 0 Å². The number of rotatable bonds is 6. The van der Waals surface area contributed by atoms with Crippen molar-refractivity contribution in [3.8, 4) is 5.75 Å². The number of benzene rings is 1. The lowest BCUT2D eigenvalue weighted by Crippen LogP contribution is -2.18. The molecule has 1 saturated carbocycles. The van der Waals surface area contributed by atoms with Crippen LogP contribution in [0.5, 0.6) is 5.75 Å². The Hall–Kier alpha value is -1.59. The Bertz CT molecular complexity index is 623. The van der Waals surface area contributed by atoms with E-state index in [-0.39, 0.29) is 12.6 Å². The van der Waals surface area contributed by atoms with Crippen molar-refractivity contribution in [1.29, 1.82) is 0 Å². The van der Waals surface area contributed by atoms with Crippen LogP contribution >= 0.6 is 11.6 Å². The van der Waals surface area contributed by atoms with Crippen molar-refractivity contribution in [2.24, 2.45) is 5.73 Å². The number of hydrogen-bond acceptors (Lipinski definition) is 5. The first kappa shape index (κ1) is 14.4. The predicted molar refractivity (Wildman–Crippen MR) is 79.4 cm³/mol. The van der Waals surface area contributed by atoms with Gasteiger partial charge in [0.05, 0.1) is 5.02 Å². The molecule has 1 atom stereocenters. The molecule has 0 aliphatic heterocycles. The van der Waals surface area contributed by atoms with E-state index in [1.54, 1.807) is 6.07 Å². The fourth-order valence-electron chi connectivity index (χ4n) is 2.19. The molecule has 6 heteroatoms. The highest BCUT2D eigenvalue weighted by Crippen LogP contribution is 2.38. The van der Waals surface area contributed by atoms with E-state index in [0.717, 1.165) is 24.2 Å². The quantitative estimate of drug-likeness (QED) is 0.887. The molecule has 1 unspecified atom stereocenters. The SMILES string of the molecule is CC(N)Cc1cccc(Cl)c1OCc1nc(C2CC2)no1. The van der Waals surface area contributed by atoms with Crippen LogP contribution in [0.15, 0.2) is 22.7 Å². The van der Waals surface area contributed by atoms with Gasteiger partial charge in [0.15, 0.2) is 12.4 Å². The summed E-state index contributed by atoms with van der Waals surface area (Å²) < 4.78 is 11.0. The van der Waals surface area contributed by atoms with Gasteiger partial charge in [-0.15, -0.1) is 0 Å². The normalized spacial score (nSPS) is 16.0. The average Bonchev–Trinajstić information content (AvgIpc) is 3.17. The lowest BCUT2D eigenvalue weighted by atomic mass is 10.1. The van der Waals surface area contributed by atoms with E-state index < -0.39 is 0 Å². The zero-order valence-electron chi connectivity index (χ0n) is 11.9. The van der Waals surface area contributed by atoms with Crippen LogP contribution in [0, 0.1) is 0 Å². The second kappa shape index (κ2) is 6.03. The van der Waals surface area contributed by atoms with E-state index in [1.807, 2.05) is 19.1 Å². The van der Waals surface area contributed by atoms with Gasteiger partial charge < -0.3 is 15.0 Å². The maximum absolute atomic E-state index is 6.21. The molecule has 1 aliphatic carbocycles. The Morgan fingerprint density at radius 3 is 3.00 bits per heavy atom. The first-order valence-electron chi connectivity index (χ1n) is 7.11. The number of aromatic nitrogens is 2. The van der Waals surface area contributed by atoms with Crippen LogP contribution in [-0.2, 0) is 13.0 Å². The summed E-state index contributed by atoms with van der Waals surface area (Å²) in [6.07, 6.45) is 2.98. The van der Waals surface area contributed by atoms with E-state index in [0.29, 0.717) is 29.0 Å². The first-order valence-corrected chi connectivity index (χ1v) is 7.49. The smallest absolute Gasteiger partial charge is 0.264 e. The van der Waals surface area contributed by atoms with Gasteiger partial charge in [0, 0.05) is 12.0 Å². The van der Waals surface area contributed by atoms with Crippen molar-refractivity contribution in [2.75, 3.05) is 0 Å². The van der Waals surface area contributed by atoms with E-state index in [9.17, 15) is 0 Å². The van der Waals surface area contributed by atoms with E-state index in [4.69, 9.17) is 26.6 Å². The Kier molecular flexibility index (Phi) is 4.12. The van der Waals surface area contributed by atoms with Crippen molar-refractivity contribution >= 4 is 11.6 Å². The third kappa shape index (κ3) is 3.54. The molecule has 21 heavy (non-hydrogen) atoms. The molecular formula is C15H18ClN3O2. The number of para-hydroxylation sites is 1. The van der Waals surface area contributed by atoms with Crippen LogP contribution in [0.2, 0.25) is 5.02 Å². The van der Waals surface area contributed by atoms with Crippen LogP contribution in [-0.4, -0.2) is 16.2 Å². The molecule has 0 spiro atoms. The molecule has 2 N–H and O–H groups in total. The second-order valence-corrected chi connectivity index (χ2v) is 5.93. The summed E-state index contributed by atoms with van der Waals surface area (Å²) in [7, 11) is 0. The first-order chi connectivity index (χ1) is 10.1. The van der Waals surface area contributed by atoms with Gasteiger partial charge in [-0.3, -0.25) is 0 Å². The summed E-state index contributed by atoms with van der Waals surface area (Å²) in [4.78, 5) is 4.34. The number of nitrogens with zero attached hydrogens (tertiary/aromatic N) is 2. The maximum Gasteiger partial charge on any atom is 0.264 e. The van der Waals surface area contributed by atoms with Gasteiger partial charge in [-0.05, 0) is 37.8 Å². The maximum atomic E-state index is 6.21. The minimum Gasteiger partial charge on any atom is -0.482 e. The van der Waals surface area contributed by atoms with Gasteiger partial charge in [0.1, 0.15) is 5.75 Å². The van der Waals surface area contributed by atoms with Crippen LogP contribution in [0.25, 0.3) is 0 Å². The summed E-state index contributed by atoms with van der Waals surface area (Å²) in [5.74, 6) is 2.37. The summed E-state index contributed by atoms with van der Waals surface area (Å²) in [5.41, 5.74) is 6.84. The van der Waals surface area contributed by atoms with Crippen molar-refractivity contribution < 1.29 is 9.26 Å². The zero-order chi connectivity index (χ0) is 14.8. The van der Waals surface area contributed by atoms with Gasteiger partial charge in [0.25, 0.3) is 5.89 Å². The third-order valence-corrected chi connectivity index (χ3v) is 3.65. The van der Waals surface area contributed by atoms with Crippen LogP contribution in [0.1, 0.15) is 43.0 Å². The highest BCUT2D eigenvalue weighted by atomic mass is 35.5. The predicted octanol–water partition coefficient (Wildman–Crippen LogP) is 3.07. The summed E-state index contributed by atoms with van der Waals surface area (Å²) >= 11 is 6.21. The minimum absolute atomic E-state index is 0.0377. The number of nitrogens with two attached hydrogens (primary N) is 1. The van der Waals surface area contributed by atoms with E-state index in [2.05, 4.69) is 10.1 Å². The highest BCUT2D eigenvalue weighted by Gasteiger charge is 2.28. The zero-order valence-corrected chi connectivity index (χ0v) is 12.6. The Morgan fingerprint density at radius 1 is 1.48 bits per heavy atom. The summed E-state index contributed by atoms with van der Waals surface area (Å²) in [5, 5.41) is 4.53. The number of ether oxygens (including phenoxy) is 1. The molecule has 0 bridgehead atoms. The largest absolute Gasteiger partial charge is 0.482 e. The molecule has 1 fully saturated rings. The minimum atomic E-state index is 0.0377. The summed E-state index contributed by atoms with van der Waals surface area (Å²) in [6, 6.07) is 5.69. The molecule has 1 aromatic heterocycles. The van der Waals surface area contributed by atoms with Gasteiger partial charge in [0.2, 0.25) is 0 Å². The van der Waals surface area contributed by atoms with Gasteiger partial charge in [-0.25, -0.2) is 0 Å². The molecule has 0 amide bonds. The molecule has 1 aliphatic rings. The average molecular weight is 308 g/mol. The molecule has 112 valence electrons. The molecule has 0 saturated heterocycles. The Labute approximate surface area is 128 Å². The molecular weight excluding hydrogens is 290 g/mol. The van der Waals surface area contributed by atoms with Crippen LogP contribution < -0.4 is 10.5 Å². The van der Waals surface area contributed by atoms with Gasteiger partial charge >= 0.3 is 0 Å². The highest BCUT2D eigenvalue weighted by molar-refractivity contribution is 6.32. The fourth-order valence-corrected chi connectivity index (χ4v) is 2.44. The van der Waals surface area contributed by atoms with E-state index in [1.165, 1.54) is 0 Å². The van der Waals surface area contributed by atoms with Gasteiger partial charge in [-0.2, -0.15) is 4.98 Å². The van der Waals surface area contributed by atoms with Crippen molar-refractivity contribution in [1.82, 2.24) is 10.1 Å². The van der Waals surface area contributed by atoms with Crippen molar-refractivity contribution in [2.45, 2.75) is 44.8 Å². The molecule has 2 aromatic rings. The van der Waals surface area contributed by atoms with Crippen LogP contribution in [0.4, 0.5) is 0 Å². The lowest BCUT2D eigenvalue weighted by Gasteiger charge is -2.13. The Morgan fingerprint density at radius 2 is 2.29 bits per heavy atom. The standard InChI is InChI=1S/C15H18ClN3O2/c1-9(17)7-11-3-2-4-12(16)14(11)20-8-13-18-15(19-21-13)10-5-6-10/h2-4,9-10H,5-8,17H2,1H3. The number of hydrogen-bond donors (Lipinski definition) is 1. The van der Waals surface area contributed by atoms with Crippen LogP contribution in [0.3, 0.4) is 0 Å². The second-order valence-electron chi connectivity index (χ2n) is 5.52. The molecule has 5 nitrogen and oxygen atoms in total. The summed E-state index contributed by atoms with van der Waals surface area (Å²) in [6.45, 7) is 2.17. The molecule has 0 radical (unpaired) electrons. The topological polar surface area (TPSA) is 74.2 Å². The molecule has 1 aromatic carbocycles. The van der Waals surface area contributed by atoms with Crippen molar-refractivity contribution in [3.63, 3.8) is 0 Å². The third-order valence-electron chi connectivity index (χ3n) is 3.36. The fraction of sp³-hybridized carbons (Fsp3) is 0.467. The molecule has 3 rings (SSSR count).